The second-order valence-electron chi connectivity index (χ2n) is 5.32. The smallest absolute Gasteiger partial charge is 0.133 e. The summed E-state index contributed by atoms with van der Waals surface area (Å²) in [7, 11) is 4.17. The normalized spacial score (nSPS) is 21.5. The van der Waals surface area contributed by atoms with Crippen LogP contribution in [0.15, 0.2) is 16.7 Å². The summed E-state index contributed by atoms with van der Waals surface area (Å²) in [6.07, 6.45) is 3.09. The van der Waals surface area contributed by atoms with E-state index in [1.54, 1.807) is 0 Å². The molecule has 0 amide bonds. The Hall–Kier alpha value is -0.650. The van der Waals surface area contributed by atoms with Crippen molar-refractivity contribution in [1.82, 2.24) is 15.2 Å². The van der Waals surface area contributed by atoms with E-state index in [0.29, 0.717) is 6.04 Å². The van der Waals surface area contributed by atoms with Crippen LogP contribution in [0.3, 0.4) is 0 Å². The summed E-state index contributed by atoms with van der Waals surface area (Å²) in [6.45, 7) is 6.47. The van der Waals surface area contributed by atoms with Crippen LogP contribution in [0.25, 0.3) is 0 Å². The van der Waals surface area contributed by atoms with Crippen LogP contribution in [-0.2, 0) is 6.54 Å². The minimum atomic E-state index is 0.497. The second kappa shape index (κ2) is 6.68. The standard InChI is InChI=1S/C14H23BrN4/c1-11-10-18(3)5-4-6-19(11)14-12(8-16-2)7-13(15)9-17-14/h7,9,11,16H,4-6,8,10H2,1-3H3. The van der Waals surface area contributed by atoms with Crippen molar-refractivity contribution in [2.24, 2.45) is 0 Å². The number of aromatic nitrogens is 1. The zero-order valence-electron chi connectivity index (χ0n) is 12.0. The van der Waals surface area contributed by atoms with E-state index in [2.05, 4.69) is 56.1 Å². The Morgan fingerprint density at radius 1 is 1.47 bits per heavy atom. The molecular weight excluding hydrogens is 304 g/mol. The van der Waals surface area contributed by atoms with Gasteiger partial charge in [0.1, 0.15) is 5.82 Å². The van der Waals surface area contributed by atoms with Gasteiger partial charge in [-0.3, -0.25) is 0 Å². The molecule has 106 valence electrons. The first-order valence-electron chi connectivity index (χ1n) is 6.86. The van der Waals surface area contributed by atoms with E-state index in [4.69, 9.17) is 0 Å². The predicted octanol–water partition coefficient (Wildman–Crippen LogP) is 2.09. The van der Waals surface area contributed by atoms with Gasteiger partial charge in [0.15, 0.2) is 0 Å². The fraction of sp³-hybridized carbons (Fsp3) is 0.643. The molecule has 1 aliphatic heterocycles. The lowest BCUT2D eigenvalue weighted by atomic mass is 10.2. The van der Waals surface area contributed by atoms with Gasteiger partial charge in [0.2, 0.25) is 0 Å². The van der Waals surface area contributed by atoms with Gasteiger partial charge in [-0.2, -0.15) is 0 Å². The molecule has 1 aliphatic rings. The highest BCUT2D eigenvalue weighted by atomic mass is 79.9. The SMILES string of the molecule is CNCc1cc(Br)cnc1N1CCCN(C)CC1C. The van der Waals surface area contributed by atoms with Gasteiger partial charge in [0.05, 0.1) is 0 Å². The van der Waals surface area contributed by atoms with Crippen LogP contribution >= 0.6 is 15.9 Å². The number of hydrogen-bond donors (Lipinski definition) is 1. The summed E-state index contributed by atoms with van der Waals surface area (Å²) in [5.74, 6) is 1.13. The Balaban J connectivity index is 2.28. The van der Waals surface area contributed by atoms with Crippen LogP contribution in [0.1, 0.15) is 18.9 Å². The lowest BCUT2D eigenvalue weighted by molar-refractivity contribution is 0.337. The number of likely N-dealkylation sites (N-methyl/N-ethyl adjacent to an activating group) is 1. The first kappa shape index (κ1) is 14.8. The Bertz CT molecular complexity index is 424. The van der Waals surface area contributed by atoms with Gasteiger partial charge in [-0.1, -0.05) is 0 Å². The van der Waals surface area contributed by atoms with Crippen LogP contribution in [0.2, 0.25) is 0 Å². The fourth-order valence-electron chi connectivity index (χ4n) is 2.74. The molecule has 2 heterocycles. The zero-order chi connectivity index (χ0) is 13.8. The molecule has 1 atom stereocenters. The topological polar surface area (TPSA) is 31.4 Å². The molecule has 19 heavy (non-hydrogen) atoms. The largest absolute Gasteiger partial charge is 0.352 e. The fourth-order valence-corrected chi connectivity index (χ4v) is 3.12. The van der Waals surface area contributed by atoms with Crippen LogP contribution in [0, 0.1) is 0 Å². The van der Waals surface area contributed by atoms with E-state index in [-0.39, 0.29) is 0 Å². The van der Waals surface area contributed by atoms with E-state index in [1.165, 1.54) is 18.5 Å². The predicted molar refractivity (Wildman–Crippen MR) is 83.6 cm³/mol. The first-order valence-corrected chi connectivity index (χ1v) is 7.65. The molecule has 1 fully saturated rings. The Labute approximate surface area is 124 Å². The number of nitrogens with zero attached hydrogens (tertiary/aromatic N) is 3. The van der Waals surface area contributed by atoms with Crippen molar-refractivity contribution >= 4 is 21.7 Å². The molecule has 1 N–H and O–H groups in total. The van der Waals surface area contributed by atoms with Gasteiger partial charge >= 0.3 is 0 Å². The average molecular weight is 327 g/mol. The Morgan fingerprint density at radius 3 is 3.00 bits per heavy atom. The minimum Gasteiger partial charge on any atom is -0.352 e. The average Bonchev–Trinajstić information content (AvgIpc) is 2.51. The van der Waals surface area contributed by atoms with E-state index in [9.17, 15) is 0 Å². The molecule has 1 aromatic rings. The highest BCUT2D eigenvalue weighted by Crippen LogP contribution is 2.25. The van der Waals surface area contributed by atoms with Crippen LogP contribution in [0.5, 0.6) is 0 Å². The van der Waals surface area contributed by atoms with Gasteiger partial charge in [-0.25, -0.2) is 4.98 Å². The molecule has 2 rings (SSSR count). The molecule has 0 aromatic carbocycles. The number of halogens is 1. The summed E-state index contributed by atoms with van der Waals surface area (Å²) in [5, 5.41) is 3.23. The summed E-state index contributed by atoms with van der Waals surface area (Å²) in [6, 6.07) is 2.66. The molecule has 1 aromatic heterocycles. The van der Waals surface area contributed by atoms with E-state index in [0.717, 1.165) is 29.9 Å². The lowest BCUT2D eigenvalue weighted by Gasteiger charge is -2.30. The Morgan fingerprint density at radius 2 is 2.26 bits per heavy atom. The van der Waals surface area contributed by atoms with Gasteiger partial charge < -0.3 is 15.1 Å². The first-order chi connectivity index (χ1) is 9.11. The lowest BCUT2D eigenvalue weighted by Crippen LogP contribution is -2.39. The zero-order valence-corrected chi connectivity index (χ0v) is 13.6. The van der Waals surface area contributed by atoms with Crippen molar-refractivity contribution in [3.63, 3.8) is 0 Å². The van der Waals surface area contributed by atoms with Gasteiger partial charge in [0.25, 0.3) is 0 Å². The molecule has 0 bridgehead atoms. The molecule has 0 radical (unpaired) electrons. The molecule has 1 unspecified atom stereocenters. The van der Waals surface area contributed by atoms with E-state index < -0.39 is 0 Å². The quantitative estimate of drug-likeness (QED) is 0.921. The van der Waals surface area contributed by atoms with Crippen molar-refractivity contribution < 1.29 is 0 Å². The third-order valence-electron chi connectivity index (χ3n) is 3.60. The summed E-state index contributed by atoms with van der Waals surface area (Å²) in [4.78, 5) is 9.51. The van der Waals surface area contributed by atoms with Crippen molar-refractivity contribution in [3.05, 3.63) is 22.3 Å². The maximum atomic E-state index is 4.66. The minimum absolute atomic E-state index is 0.497. The number of nitrogens with one attached hydrogen (secondary N) is 1. The summed E-state index contributed by atoms with van der Waals surface area (Å²) in [5.41, 5.74) is 1.26. The Kier molecular flexibility index (Phi) is 5.19. The molecule has 0 spiro atoms. The molecular formula is C14H23BrN4. The van der Waals surface area contributed by atoms with Crippen molar-refractivity contribution in [2.45, 2.75) is 25.9 Å². The highest BCUT2D eigenvalue weighted by molar-refractivity contribution is 9.10. The van der Waals surface area contributed by atoms with Gasteiger partial charge in [-0.05, 0) is 56.0 Å². The van der Waals surface area contributed by atoms with Crippen molar-refractivity contribution in [2.75, 3.05) is 38.6 Å². The molecule has 1 saturated heterocycles. The summed E-state index contributed by atoms with van der Waals surface area (Å²) < 4.78 is 1.04. The van der Waals surface area contributed by atoms with E-state index in [1.807, 2.05) is 13.2 Å². The molecule has 0 saturated carbocycles. The van der Waals surface area contributed by atoms with Crippen molar-refractivity contribution in [1.29, 1.82) is 0 Å². The second-order valence-corrected chi connectivity index (χ2v) is 6.24. The number of anilines is 1. The van der Waals surface area contributed by atoms with Crippen LogP contribution < -0.4 is 10.2 Å². The monoisotopic (exact) mass is 326 g/mol. The molecule has 4 nitrogen and oxygen atoms in total. The number of hydrogen-bond acceptors (Lipinski definition) is 4. The van der Waals surface area contributed by atoms with E-state index >= 15 is 0 Å². The third-order valence-corrected chi connectivity index (χ3v) is 4.03. The molecule has 0 aliphatic carbocycles. The van der Waals surface area contributed by atoms with Crippen molar-refractivity contribution in [3.8, 4) is 0 Å². The summed E-state index contributed by atoms with van der Waals surface area (Å²) >= 11 is 3.51. The number of rotatable bonds is 3. The highest BCUT2D eigenvalue weighted by Gasteiger charge is 2.22. The van der Waals surface area contributed by atoms with Crippen LogP contribution in [-0.4, -0.2) is 49.7 Å². The third kappa shape index (κ3) is 3.68. The maximum Gasteiger partial charge on any atom is 0.133 e. The molecule has 5 heteroatoms. The van der Waals surface area contributed by atoms with Gasteiger partial charge in [-0.15, -0.1) is 0 Å². The van der Waals surface area contributed by atoms with Gasteiger partial charge in [0, 0.05) is 41.9 Å². The van der Waals surface area contributed by atoms with Crippen LogP contribution in [0.4, 0.5) is 5.82 Å². The number of pyridine rings is 1. The maximum absolute atomic E-state index is 4.66.